The Balaban J connectivity index is 2.82. The van der Waals surface area contributed by atoms with Gasteiger partial charge in [0.25, 0.3) is 10.2 Å². The van der Waals surface area contributed by atoms with E-state index in [1.165, 1.54) is 24.5 Å². The predicted molar refractivity (Wildman–Crippen MR) is 73.1 cm³/mol. The Kier molecular flexibility index (Phi) is 5.74. The van der Waals surface area contributed by atoms with E-state index in [1.54, 1.807) is 25.1 Å². The molecule has 0 aromatic heterocycles. The molecule has 0 spiro atoms. The van der Waals surface area contributed by atoms with Crippen LogP contribution in [0, 0.1) is 0 Å². The number of nitrogens with one attached hydrogen (secondary N) is 1. The summed E-state index contributed by atoms with van der Waals surface area (Å²) in [5.41, 5.74) is 0.558. The Hall–Kier alpha value is -1.15. The van der Waals surface area contributed by atoms with Crippen LogP contribution in [0.3, 0.4) is 0 Å². The van der Waals surface area contributed by atoms with Gasteiger partial charge in [0.2, 0.25) is 0 Å². The Morgan fingerprint density at radius 3 is 2.63 bits per heavy atom. The maximum absolute atomic E-state index is 12.0. The van der Waals surface area contributed by atoms with Gasteiger partial charge in [0, 0.05) is 26.3 Å². The summed E-state index contributed by atoms with van der Waals surface area (Å²) in [4.78, 5) is 0. The normalized spacial score (nSPS) is 13.7. The third kappa shape index (κ3) is 4.17. The third-order valence-corrected chi connectivity index (χ3v) is 4.55. The van der Waals surface area contributed by atoms with E-state index in [0.717, 1.165) is 0 Å². The van der Waals surface area contributed by atoms with Crippen molar-refractivity contribution < 1.29 is 18.3 Å². The van der Waals surface area contributed by atoms with E-state index in [-0.39, 0.29) is 12.3 Å². The van der Waals surface area contributed by atoms with Crippen molar-refractivity contribution in [2.24, 2.45) is 0 Å². The van der Waals surface area contributed by atoms with E-state index >= 15 is 0 Å². The van der Waals surface area contributed by atoms with Crippen LogP contribution >= 0.6 is 0 Å². The minimum Gasteiger partial charge on any atom is -0.508 e. The number of nitrogens with zero attached hydrogens (tertiary/aromatic N) is 1. The van der Waals surface area contributed by atoms with Crippen LogP contribution in [0.15, 0.2) is 24.3 Å². The first kappa shape index (κ1) is 15.9. The van der Waals surface area contributed by atoms with Crippen LogP contribution in [0.1, 0.15) is 18.5 Å². The van der Waals surface area contributed by atoms with Crippen molar-refractivity contribution in [2.45, 2.75) is 13.0 Å². The van der Waals surface area contributed by atoms with Crippen LogP contribution in [0.2, 0.25) is 0 Å². The van der Waals surface area contributed by atoms with E-state index in [0.29, 0.717) is 12.2 Å². The number of phenols is 1. The summed E-state index contributed by atoms with van der Waals surface area (Å²) in [6.07, 6.45) is 0. The molecule has 0 radical (unpaired) electrons. The van der Waals surface area contributed by atoms with Crippen LogP contribution in [0.25, 0.3) is 0 Å². The fourth-order valence-electron chi connectivity index (χ4n) is 1.62. The molecule has 1 unspecified atom stereocenters. The highest BCUT2D eigenvalue weighted by atomic mass is 32.2. The molecule has 0 amide bonds. The summed E-state index contributed by atoms with van der Waals surface area (Å²) >= 11 is 0. The van der Waals surface area contributed by atoms with Crippen molar-refractivity contribution in [3.63, 3.8) is 0 Å². The fraction of sp³-hybridized carbons (Fsp3) is 0.500. The number of ether oxygens (including phenoxy) is 1. The molecule has 0 aliphatic carbocycles. The van der Waals surface area contributed by atoms with E-state index in [1.807, 2.05) is 0 Å². The minimum atomic E-state index is -3.60. The number of aromatic hydroxyl groups is 1. The lowest BCUT2D eigenvalue weighted by Gasteiger charge is -2.25. The molecule has 1 aromatic rings. The largest absolute Gasteiger partial charge is 0.508 e. The molecule has 19 heavy (non-hydrogen) atoms. The molecule has 0 saturated carbocycles. The maximum atomic E-state index is 12.0. The van der Waals surface area contributed by atoms with Crippen molar-refractivity contribution in [3.8, 4) is 5.75 Å². The molecule has 0 bridgehead atoms. The van der Waals surface area contributed by atoms with Crippen LogP contribution < -0.4 is 4.72 Å². The number of methoxy groups -OCH3 is 1. The summed E-state index contributed by atoms with van der Waals surface area (Å²) in [6.45, 7) is 2.22. The highest BCUT2D eigenvalue weighted by Crippen LogP contribution is 2.28. The Morgan fingerprint density at radius 1 is 1.42 bits per heavy atom. The summed E-state index contributed by atoms with van der Waals surface area (Å²) in [6, 6.07) is 6.20. The molecule has 0 aliphatic heterocycles. The van der Waals surface area contributed by atoms with E-state index in [4.69, 9.17) is 4.74 Å². The van der Waals surface area contributed by atoms with Crippen molar-refractivity contribution in [1.29, 1.82) is 0 Å². The number of rotatable bonds is 7. The second-order valence-electron chi connectivity index (χ2n) is 4.14. The molecule has 108 valence electrons. The van der Waals surface area contributed by atoms with Crippen LogP contribution in [0.4, 0.5) is 0 Å². The SMILES string of the molecule is COCCNS(=O)(=O)N(C)C(C)c1ccccc1O. The smallest absolute Gasteiger partial charge is 0.279 e. The van der Waals surface area contributed by atoms with Gasteiger partial charge >= 0.3 is 0 Å². The fourth-order valence-corrected chi connectivity index (χ4v) is 2.69. The standard InChI is InChI=1S/C12H20N2O4S/c1-10(11-6-4-5-7-12(11)15)14(2)19(16,17)13-8-9-18-3/h4-7,10,13,15H,8-9H2,1-3H3. The Labute approximate surface area is 114 Å². The minimum absolute atomic E-state index is 0.0777. The molecular formula is C12H20N2O4S. The lowest BCUT2D eigenvalue weighted by atomic mass is 10.1. The molecule has 7 heteroatoms. The number of phenolic OH excluding ortho intramolecular Hbond substituents is 1. The molecule has 1 atom stereocenters. The van der Waals surface area contributed by atoms with Crippen LogP contribution in [-0.2, 0) is 14.9 Å². The van der Waals surface area contributed by atoms with Crippen LogP contribution in [-0.4, -0.2) is 45.1 Å². The summed E-state index contributed by atoms with van der Waals surface area (Å²) < 4.78 is 32.4. The van der Waals surface area contributed by atoms with E-state index in [2.05, 4.69) is 4.72 Å². The molecule has 0 saturated heterocycles. The molecular weight excluding hydrogens is 268 g/mol. The van der Waals surface area contributed by atoms with Crippen molar-refractivity contribution in [3.05, 3.63) is 29.8 Å². The van der Waals surface area contributed by atoms with Crippen molar-refractivity contribution >= 4 is 10.2 Å². The summed E-state index contributed by atoms with van der Waals surface area (Å²) in [5.74, 6) is 0.0777. The predicted octanol–water partition coefficient (Wildman–Crippen LogP) is 0.866. The highest BCUT2D eigenvalue weighted by molar-refractivity contribution is 7.87. The second-order valence-corrected chi connectivity index (χ2v) is 5.96. The number of para-hydroxylation sites is 1. The Morgan fingerprint density at radius 2 is 2.05 bits per heavy atom. The monoisotopic (exact) mass is 288 g/mol. The summed E-state index contributed by atoms with van der Waals surface area (Å²) in [7, 11) is -0.637. The van der Waals surface area contributed by atoms with Crippen molar-refractivity contribution in [2.75, 3.05) is 27.3 Å². The van der Waals surface area contributed by atoms with Gasteiger partial charge in [-0.05, 0) is 13.0 Å². The third-order valence-electron chi connectivity index (χ3n) is 2.90. The molecule has 2 N–H and O–H groups in total. The molecule has 1 rings (SSSR count). The van der Waals surface area contributed by atoms with Gasteiger partial charge in [0.05, 0.1) is 12.6 Å². The van der Waals surface area contributed by atoms with E-state index < -0.39 is 16.3 Å². The maximum Gasteiger partial charge on any atom is 0.279 e. The lowest BCUT2D eigenvalue weighted by molar-refractivity contribution is 0.203. The highest BCUT2D eigenvalue weighted by Gasteiger charge is 2.25. The first-order valence-electron chi connectivity index (χ1n) is 5.89. The zero-order valence-electron chi connectivity index (χ0n) is 11.3. The van der Waals surface area contributed by atoms with Gasteiger partial charge in [-0.1, -0.05) is 18.2 Å². The lowest BCUT2D eigenvalue weighted by Crippen LogP contribution is -2.40. The van der Waals surface area contributed by atoms with Gasteiger partial charge in [-0.3, -0.25) is 0 Å². The molecule has 0 aliphatic rings. The van der Waals surface area contributed by atoms with Crippen molar-refractivity contribution in [1.82, 2.24) is 9.03 Å². The van der Waals surface area contributed by atoms with Gasteiger partial charge < -0.3 is 9.84 Å². The number of benzene rings is 1. The average Bonchev–Trinajstić information content (AvgIpc) is 2.38. The van der Waals surface area contributed by atoms with Gasteiger partial charge in [-0.2, -0.15) is 17.4 Å². The summed E-state index contributed by atoms with van der Waals surface area (Å²) in [5, 5.41) is 9.75. The molecule has 0 heterocycles. The average molecular weight is 288 g/mol. The molecule has 1 aromatic carbocycles. The first-order valence-corrected chi connectivity index (χ1v) is 7.33. The van der Waals surface area contributed by atoms with E-state index in [9.17, 15) is 13.5 Å². The quantitative estimate of drug-likeness (QED) is 0.730. The molecule has 6 nitrogen and oxygen atoms in total. The van der Waals surface area contributed by atoms with Gasteiger partial charge in [-0.25, -0.2) is 0 Å². The number of hydrogen-bond donors (Lipinski definition) is 2. The Bertz CT molecular complexity index is 504. The topological polar surface area (TPSA) is 78.9 Å². The van der Waals surface area contributed by atoms with Gasteiger partial charge in [0.15, 0.2) is 0 Å². The number of hydrogen-bond acceptors (Lipinski definition) is 4. The first-order chi connectivity index (χ1) is 8.90. The zero-order chi connectivity index (χ0) is 14.5. The van der Waals surface area contributed by atoms with Gasteiger partial charge in [-0.15, -0.1) is 0 Å². The zero-order valence-corrected chi connectivity index (χ0v) is 12.1. The molecule has 0 fully saturated rings. The second kappa shape index (κ2) is 6.85. The van der Waals surface area contributed by atoms with Gasteiger partial charge in [0.1, 0.15) is 5.75 Å². The van der Waals surface area contributed by atoms with Crippen LogP contribution in [0.5, 0.6) is 5.75 Å².